The van der Waals surface area contributed by atoms with E-state index in [9.17, 15) is 0 Å². The highest BCUT2D eigenvalue weighted by molar-refractivity contribution is 5.39. The number of pyridine rings is 1. The molecule has 0 bridgehead atoms. The Kier molecular flexibility index (Phi) is 4.71. The number of aromatic nitrogens is 4. The Bertz CT molecular complexity index is 811. The number of rotatable bonds is 5. The number of nitrogens with zero attached hydrogens (tertiary/aromatic N) is 4. The fourth-order valence-electron chi connectivity index (χ4n) is 2.65. The van der Waals surface area contributed by atoms with Gasteiger partial charge in [0.15, 0.2) is 11.6 Å². The third kappa shape index (κ3) is 3.08. The van der Waals surface area contributed by atoms with E-state index in [-0.39, 0.29) is 12.0 Å². The van der Waals surface area contributed by atoms with Gasteiger partial charge >= 0.3 is 0 Å². The minimum absolute atomic E-state index is 0.237. The smallest absolute Gasteiger partial charge is 0.166 e. The molecule has 0 saturated heterocycles. The monoisotopic (exact) mass is 322 g/mol. The van der Waals surface area contributed by atoms with Gasteiger partial charge in [-0.3, -0.25) is 4.98 Å². The van der Waals surface area contributed by atoms with Gasteiger partial charge in [0.1, 0.15) is 6.10 Å². The summed E-state index contributed by atoms with van der Waals surface area (Å²) >= 11 is 0. The average molecular weight is 322 g/mol. The quantitative estimate of drug-likeness (QED) is 0.716. The van der Waals surface area contributed by atoms with Crippen LogP contribution in [0, 0.1) is 6.92 Å². The minimum atomic E-state index is -0.279. The molecule has 1 atom stereocenters. The van der Waals surface area contributed by atoms with Crippen molar-refractivity contribution in [3.05, 3.63) is 71.6 Å². The van der Waals surface area contributed by atoms with Crippen molar-refractivity contribution in [3.63, 3.8) is 0 Å². The Morgan fingerprint density at radius 1 is 1.08 bits per heavy atom. The maximum absolute atomic E-state index is 5.78. The topological polar surface area (TPSA) is 52.8 Å². The number of hydrogen-bond donors (Lipinski definition) is 0. The third-order valence-corrected chi connectivity index (χ3v) is 3.96. The lowest BCUT2D eigenvalue weighted by atomic mass is 10.1. The van der Waals surface area contributed by atoms with Crippen molar-refractivity contribution in [2.24, 2.45) is 0 Å². The van der Waals surface area contributed by atoms with Gasteiger partial charge in [-0.15, -0.1) is 0 Å². The molecule has 0 radical (unpaired) electrons. The van der Waals surface area contributed by atoms with Crippen LogP contribution in [0.1, 0.15) is 48.6 Å². The van der Waals surface area contributed by atoms with Gasteiger partial charge in [-0.2, -0.15) is 5.10 Å². The highest BCUT2D eigenvalue weighted by Crippen LogP contribution is 2.28. The molecule has 0 spiro atoms. The molecular formula is C19H22N4O. The van der Waals surface area contributed by atoms with Crippen LogP contribution in [0.3, 0.4) is 0 Å². The molecule has 0 fully saturated rings. The molecule has 3 aromatic rings. The Labute approximate surface area is 142 Å². The van der Waals surface area contributed by atoms with Crippen LogP contribution < -0.4 is 0 Å². The second kappa shape index (κ2) is 6.93. The summed E-state index contributed by atoms with van der Waals surface area (Å²) in [5.41, 5.74) is 3.06. The van der Waals surface area contributed by atoms with Crippen molar-refractivity contribution in [2.75, 3.05) is 7.11 Å². The third-order valence-electron chi connectivity index (χ3n) is 3.96. The zero-order valence-corrected chi connectivity index (χ0v) is 14.5. The number of ether oxygens (including phenoxy) is 1. The first-order valence-electron chi connectivity index (χ1n) is 8.07. The molecule has 2 heterocycles. The summed E-state index contributed by atoms with van der Waals surface area (Å²) in [5.74, 6) is 1.82. The van der Waals surface area contributed by atoms with Gasteiger partial charge in [-0.05, 0) is 24.1 Å². The number of benzene rings is 1. The molecule has 0 aliphatic carbocycles. The number of methoxy groups -OCH3 is 1. The highest BCUT2D eigenvalue weighted by atomic mass is 16.5. The zero-order chi connectivity index (χ0) is 17.1. The number of aryl methyl sites for hydroxylation is 1. The van der Waals surface area contributed by atoms with E-state index in [1.54, 1.807) is 13.3 Å². The Balaban J connectivity index is 2.17. The van der Waals surface area contributed by atoms with Gasteiger partial charge in [0.25, 0.3) is 0 Å². The van der Waals surface area contributed by atoms with Crippen LogP contribution in [-0.4, -0.2) is 26.9 Å². The van der Waals surface area contributed by atoms with E-state index in [2.05, 4.69) is 18.8 Å². The van der Waals surface area contributed by atoms with Gasteiger partial charge in [-0.1, -0.05) is 44.2 Å². The van der Waals surface area contributed by atoms with E-state index in [1.807, 2.05) is 54.2 Å². The first kappa shape index (κ1) is 16.3. The highest BCUT2D eigenvalue weighted by Gasteiger charge is 2.24. The molecule has 0 amide bonds. The normalized spacial score (nSPS) is 12.5. The molecule has 5 nitrogen and oxygen atoms in total. The fourth-order valence-corrected chi connectivity index (χ4v) is 2.65. The van der Waals surface area contributed by atoms with E-state index in [0.717, 1.165) is 28.5 Å². The first-order valence-corrected chi connectivity index (χ1v) is 8.07. The van der Waals surface area contributed by atoms with Crippen LogP contribution >= 0.6 is 0 Å². The molecule has 3 rings (SSSR count). The van der Waals surface area contributed by atoms with Crippen molar-refractivity contribution < 1.29 is 4.74 Å². The second-order valence-electron chi connectivity index (χ2n) is 6.08. The maximum Gasteiger partial charge on any atom is 0.166 e. The zero-order valence-electron chi connectivity index (χ0n) is 14.5. The summed E-state index contributed by atoms with van der Waals surface area (Å²) in [6.07, 6.45) is 3.33. The van der Waals surface area contributed by atoms with Crippen LogP contribution in [0.15, 0.2) is 48.8 Å². The van der Waals surface area contributed by atoms with Crippen molar-refractivity contribution in [3.8, 4) is 5.69 Å². The standard InChI is InChI=1S/C19H22N4O/c1-13(2)18-21-19(17(24-4)15-8-6-5-7-9-15)23(22-18)16-10-11-20-12-14(16)3/h5-13,17H,1-4H3/t17-/m0/s1. The summed E-state index contributed by atoms with van der Waals surface area (Å²) in [4.78, 5) is 8.95. The fraction of sp³-hybridized carbons (Fsp3) is 0.316. The predicted octanol–water partition coefficient (Wildman–Crippen LogP) is 3.83. The molecule has 2 aromatic heterocycles. The number of hydrogen-bond acceptors (Lipinski definition) is 4. The molecule has 0 aliphatic rings. The summed E-state index contributed by atoms with van der Waals surface area (Å²) in [6, 6.07) is 12.0. The van der Waals surface area contributed by atoms with E-state index < -0.39 is 0 Å². The van der Waals surface area contributed by atoms with Gasteiger partial charge in [0.2, 0.25) is 0 Å². The van der Waals surface area contributed by atoms with E-state index in [4.69, 9.17) is 14.8 Å². The predicted molar refractivity (Wildman–Crippen MR) is 93.3 cm³/mol. The van der Waals surface area contributed by atoms with Crippen LogP contribution in [0.25, 0.3) is 5.69 Å². The Hall–Kier alpha value is -2.53. The molecule has 0 N–H and O–H groups in total. The van der Waals surface area contributed by atoms with Gasteiger partial charge in [-0.25, -0.2) is 9.67 Å². The van der Waals surface area contributed by atoms with Gasteiger partial charge in [0, 0.05) is 25.4 Å². The molecule has 0 saturated carbocycles. The molecular weight excluding hydrogens is 300 g/mol. The van der Waals surface area contributed by atoms with Crippen molar-refractivity contribution in [1.29, 1.82) is 0 Å². The van der Waals surface area contributed by atoms with Crippen LogP contribution in [0.5, 0.6) is 0 Å². The molecule has 0 unspecified atom stereocenters. The first-order chi connectivity index (χ1) is 11.6. The van der Waals surface area contributed by atoms with Crippen LogP contribution in [-0.2, 0) is 4.74 Å². The Morgan fingerprint density at radius 3 is 2.46 bits per heavy atom. The lowest BCUT2D eigenvalue weighted by Gasteiger charge is -2.16. The summed E-state index contributed by atoms with van der Waals surface area (Å²) < 4.78 is 7.66. The van der Waals surface area contributed by atoms with Crippen molar-refractivity contribution in [1.82, 2.24) is 19.7 Å². The lowest BCUT2D eigenvalue weighted by molar-refractivity contribution is 0.127. The average Bonchev–Trinajstić information content (AvgIpc) is 3.02. The summed E-state index contributed by atoms with van der Waals surface area (Å²) in [6.45, 7) is 6.20. The Morgan fingerprint density at radius 2 is 1.83 bits per heavy atom. The molecule has 5 heteroatoms. The van der Waals surface area contributed by atoms with E-state index >= 15 is 0 Å². The largest absolute Gasteiger partial charge is 0.369 e. The lowest BCUT2D eigenvalue weighted by Crippen LogP contribution is -2.13. The van der Waals surface area contributed by atoms with Crippen molar-refractivity contribution in [2.45, 2.75) is 32.8 Å². The molecule has 124 valence electrons. The molecule has 24 heavy (non-hydrogen) atoms. The summed E-state index contributed by atoms with van der Waals surface area (Å²) in [7, 11) is 1.70. The van der Waals surface area contributed by atoms with Crippen LogP contribution in [0.4, 0.5) is 0 Å². The van der Waals surface area contributed by atoms with Gasteiger partial charge in [0.05, 0.1) is 5.69 Å². The second-order valence-corrected chi connectivity index (χ2v) is 6.08. The molecule has 0 aliphatic heterocycles. The minimum Gasteiger partial charge on any atom is -0.369 e. The van der Waals surface area contributed by atoms with Crippen molar-refractivity contribution >= 4 is 0 Å². The van der Waals surface area contributed by atoms with Crippen LogP contribution in [0.2, 0.25) is 0 Å². The van der Waals surface area contributed by atoms with Gasteiger partial charge < -0.3 is 4.74 Å². The van der Waals surface area contributed by atoms with E-state index in [0.29, 0.717) is 0 Å². The maximum atomic E-state index is 5.78. The SMILES string of the molecule is CO[C@@H](c1ccccc1)c1nc(C(C)C)nn1-c1ccncc1C. The van der Waals surface area contributed by atoms with E-state index in [1.165, 1.54) is 0 Å². The molecule has 1 aromatic carbocycles. The summed E-state index contributed by atoms with van der Waals surface area (Å²) in [5, 5.41) is 4.73.